The number of hydrogen-bond acceptors (Lipinski definition) is 3. The normalized spacial score (nSPS) is 47.1. The Hall–Kier alpha value is -0.590. The topological polar surface area (TPSA) is 49.7 Å². The Morgan fingerprint density at radius 1 is 1.13 bits per heavy atom. The van der Waals surface area contributed by atoms with Crippen LogP contribution in [0.5, 0.6) is 0 Å². The van der Waals surface area contributed by atoms with Crippen molar-refractivity contribution in [2.24, 2.45) is 40.4 Å². The van der Waals surface area contributed by atoms with Gasteiger partial charge in [0.15, 0.2) is 6.10 Å². The van der Waals surface area contributed by atoms with Crippen LogP contribution in [0.4, 0.5) is 13.2 Å². The summed E-state index contributed by atoms with van der Waals surface area (Å²) in [6.07, 6.45) is 2.55. The molecule has 0 unspecified atom stereocenters. The second-order valence-corrected chi connectivity index (χ2v) is 11.7. The van der Waals surface area contributed by atoms with E-state index in [-0.39, 0.29) is 16.7 Å². The zero-order valence-electron chi connectivity index (χ0n) is 19.3. The number of halogens is 3. The van der Waals surface area contributed by atoms with Gasteiger partial charge in [-0.2, -0.15) is 13.2 Å². The number of alkyl halides is 3. The van der Waals surface area contributed by atoms with E-state index in [4.69, 9.17) is 4.74 Å². The van der Waals surface area contributed by atoms with Gasteiger partial charge in [0.1, 0.15) is 0 Å². The Morgan fingerprint density at radius 2 is 1.84 bits per heavy atom. The molecule has 3 fully saturated rings. The summed E-state index contributed by atoms with van der Waals surface area (Å²) >= 11 is 0. The lowest BCUT2D eigenvalue weighted by Crippen LogP contribution is -2.53. The van der Waals surface area contributed by atoms with Crippen molar-refractivity contribution in [2.75, 3.05) is 13.7 Å². The van der Waals surface area contributed by atoms with Crippen molar-refractivity contribution in [3.63, 3.8) is 0 Å². The molecule has 3 saturated carbocycles. The van der Waals surface area contributed by atoms with Crippen molar-refractivity contribution in [3.05, 3.63) is 11.6 Å². The summed E-state index contributed by atoms with van der Waals surface area (Å²) in [7, 11) is 1.63. The highest BCUT2D eigenvalue weighted by Crippen LogP contribution is 2.68. The van der Waals surface area contributed by atoms with Gasteiger partial charge in [-0.3, -0.25) is 0 Å². The summed E-state index contributed by atoms with van der Waals surface area (Å²) in [4.78, 5) is 0. The molecule has 4 rings (SSSR count). The van der Waals surface area contributed by atoms with Gasteiger partial charge in [-0.15, -0.1) is 0 Å². The molecule has 178 valence electrons. The number of aliphatic hydroxyl groups is 2. The van der Waals surface area contributed by atoms with Crippen LogP contribution < -0.4 is 0 Å². The Balaban J connectivity index is 1.57. The zero-order chi connectivity index (χ0) is 22.8. The summed E-state index contributed by atoms with van der Waals surface area (Å²) < 4.78 is 45.0. The number of rotatable bonds is 4. The Bertz CT molecular complexity index is 721. The van der Waals surface area contributed by atoms with Crippen LogP contribution in [0.15, 0.2) is 11.6 Å². The molecular weight excluding hydrogens is 405 g/mol. The fourth-order valence-corrected chi connectivity index (χ4v) is 8.53. The molecule has 9 atom stereocenters. The van der Waals surface area contributed by atoms with Crippen LogP contribution in [-0.2, 0) is 4.74 Å². The van der Waals surface area contributed by atoms with E-state index in [0.29, 0.717) is 30.8 Å². The van der Waals surface area contributed by atoms with E-state index >= 15 is 0 Å². The third-order valence-corrected chi connectivity index (χ3v) is 10.2. The van der Waals surface area contributed by atoms with Crippen molar-refractivity contribution in [1.82, 2.24) is 0 Å². The van der Waals surface area contributed by atoms with Crippen molar-refractivity contribution >= 4 is 0 Å². The Morgan fingerprint density at radius 3 is 2.48 bits per heavy atom. The number of methoxy groups -OCH3 is 1. The SMILES string of the molecule is COC[C@]1(O)CC[C@@]2(C)C(=CC[C@H]3[C@@H]4CC[C@H]([C@H](C)[C@H](O)C(F)(F)F)[C@@]4(C)CC[C@@H]32)C1. The van der Waals surface area contributed by atoms with Crippen molar-refractivity contribution < 1.29 is 28.1 Å². The Labute approximate surface area is 184 Å². The molecule has 0 aromatic rings. The van der Waals surface area contributed by atoms with Crippen LogP contribution >= 0.6 is 0 Å². The third kappa shape index (κ3) is 3.69. The molecular formula is C25H39F3O3. The van der Waals surface area contributed by atoms with E-state index in [1.54, 1.807) is 14.0 Å². The van der Waals surface area contributed by atoms with Crippen molar-refractivity contribution in [1.29, 1.82) is 0 Å². The maximum Gasteiger partial charge on any atom is 0.414 e. The predicted molar refractivity (Wildman–Crippen MR) is 113 cm³/mol. The standard InChI is InChI=1S/C25H39F3O3/c1-15(21(29)25(26,27)28)18-7-8-19-17-6-5-16-13-24(30,14-31-4)12-11-22(16,2)20(17)9-10-23(18,19)3/h5,15,17-21,29-30H,6-14H2,1-4H3/t15-,17-,18+,19-,20-,21-,22-,23+,24-/m0/s1. The average molecular weight is 445 g/mol. The predicted octanol–water partition coefficient (Wildman–Crippen LogP) is 5.50. The summed E-state index contributed by atoms with van der Waals surface area (Å²) in [5, 5.41) is 20.9. The number of hydrogen-bond donors (Lipinski definition) is 2. The van der Waals surface area contributed by atoms with Gasteiger partial charge in [0, 0.05) is 7.11 Å². The molecule has 0 amide bonds. The van der Waals surface area contributed by atoms with Gasteiger partial charge in [-0.05, 0) is 91.8 Å². The van der Waals surface area contributed by atoms with Gasteiger partial charge >= 0.3 is 6.18 Å². The first-order valence-corrected chi connectivity index (χ1v) is 12.0. The summed E-state index contributed by atoms with van der Waals surface area (Å²) in [5.41, 5.74) is 0.510. The van der Waals surface area contributed by atoms with Crippen LogP contribution in [0.2, 0.25) is 0 Å². The van der Waals surface area contributed by atoms with Crippen LogP contribution in [0.3, 0.4) is 0 Å². The fraction of sp³-hybridized carbons (Fsp3) is 0.920. The fourth-order valence-electron chi connectivity index (χ4n) is 8.53. The first-order valence-electron chi connectivity index (χ1n) is 12.0. The smallest absolute Gasteiger partial charge is 0.387 e. The number of allylic oxidation sites excluding steroid dienone is 1. The quantitative estimate of drug-likeness (QED) is 0.563. The number of aliphatic hydroxyl groups excluding tert-OH is 1. The summed E-state index contributed by atoms with van der Waals surface area (Å²) in [6.45, 7) is 6.51. The third-order valence-electron chi connectivity index (χ3n) is 10.2. The van der Waals surface area contributed by atoms with Gasteiger partial charge in [-0.25, -0.2) is 0 Å². The molecule has 4 aliphatic rings. The molecule has 0 bridgehead atoms. The monoisotopic (exact) mass is 444 g/mol. The molecule has 0 aromatic carbocycles. The minimum atomic E-state index is -4.55. The average Bonchev–Trinajstić information content (AvgIpc) is 3.04. The minimum Gasteiger partial charge on any atom is -0.387 e. The minimum absolute atomic E-state index is 0.0689. The molecule has 3 nitrogen and oxygen atoms in total. The molecule has 0 spiro atoms. The van der Waals surface area contributed by atoms with Gasteiger partial charge < -0.3 is 14.9 Å². The van der Waals surface area contributed by atoms with E-state index < -0.39 is 23.8 Å². The van der Waals surface area contributed by atoms with Crippen LogP contribution in [0, 0.1) is 40.4 Å². The lowest BCUT2D eigenvalue weighted by atomic mass is 9.46. The lowest BCUT2D eigenvalue weighted by molar-refractivity contribution is -0.227. The second-order valence-electron chi connectivity index (χ2n) is 11.7. The van der Waals surface area contributed by atoms with Gasteiger partial charge in [0.2, 0.25) is 0 Å². The highest BCUT2D eigenvalue weighted by Gasteiger charge is 2.61. The van der Waals surface area contributed by atoms with Crippen molar-refractivity contribution in [2.45, 2.75) is 90.0 Å². The van der Waals surface area contributed by atoms with Gasteiger partial charge in [0.05, 0.1) is 12.2 Å². The van der Waals surface area contributed by atoms with E-state index in [2.05, 4.69) is 19.9 Å². The molecule has 4 aliphatic carbocycles. The molecule has 0 aromatic heterocycles. The van der Waals surface area contributed by atoms with Gasteiger partial charge in [-0.1, -0.05) is 32.4 Å². The largest absolute Gasteiger partial charge is 0.414 e. The first kappa shape index (κ1) is 23.6. The van der Waals surface area contributed by atoms with E-state index in [1.165, 1.54) is 5.57 Å². The molecule has 2 N–H and O–H groups in total. The lowest BCUT2D eigenvalue weighted by Gasteiger charge is -2.59. The van der Waals surface area contributed by atoms with Crippen LogP contribution in [0.1, 0.15) is 72.1 Å². The molecule has 0 aliphatic heterocycles. The zero-order valence-corrected chi connectivity index (χ0v) is 19.3. The molecule has 31 heavy (non-hydrogen) atoms. The van der Waals surface area contributed by atoms with E-state index in [0.717, 1.165) is 44.9 Å². The van der Waals surface area contributed by atoms with Crippen LogP contribution in [-0.4, -0.2) is 41.8 Å². The maximum atomic E-state index is 13.2. The molecule has 0 saturated heterocycles. The molecule has 0 heterocycles. The van der Waals surface area contributed by atoms with Crippen LogP contribution in [0.25, 0.3) is 0 Å². The Kier molecular flexibility index (Phi) is 5.88. The van der Waals surface area contributed by atoms with Gasteiger partial charge in [0.25, 0.3) is 0 Å². The van der Waals surface area contributed by atoms with E-state index in [1.807, 2.05) is 0 Å². The second kappa shape index (κ2) is 7.73. The maximum absolute atomic E-state index is 13.2. The molecule has 6 heteroatoms. The van der Waals surface area contributed by atoms with Crippen molar-refractivity contribution in [3.8, 4) is 0 Å². The highest BCUT2D eigenvalue weighted by atomic mass is 19.4. The van der Waals surface area contributed by atoms with E-state index in [9.17, 15) is 23.4 Å². The summed E-state index contributed by atoms with van der Waals surface area (Å²) in [6, 6.07) is 0. The number of fused-ring (bicyclic) bond motifs is 5. The highest BCUT2D eigenvalue weighted by molar-refractivity contribution is 5.27. The molecule has 0 radical (unpaired) electrons. The number of ether oxygens (including phenoxy) is 1. The first-order chi connectivity index (χ1) is 14.4. The summed E-state index contributed by atoms with van der Waals surface area (Å²) in [5.74, 6) is 0.566.